The van der Waals surface area contributed by atoms with E-state index in [0.29, 0.717) is 5.56 Å². The van der Waals surface area contributed by atoms with Gasteiger partial charge in [0.15, 0.2) is 0 Å². The van der Waals surface area contributed by atoms with Gasteiger partial charge in [0.2, 0.25) is 0 Å². The van der Waals surface area contributed by atoms with Crippen LogP contribution in [0.15, 0.2) is 30.6 Å². The first kappa shape index (κ1) is 11.4. The summed E-state index contributed by atoms with van der Waals surface area (Å²) in [5.41, 5.74) is 1.95. The molecule has 0 aliphatic carbocycles. The Morgan fingerprint density at radius 3 is 2.88 bits per heavy atom. The van der Waals surface area contributed by atoms with E-state index in [1.54, 1.807) is 18.3 Å². The normalized spacial score (nSPS) is 10.5. The second kappa shape index (κ2) is 4.41. The van der Waals surface area contributed by atoms with E-state index in [1.807, 2.05) is 30.7 Å². The maximum atomic E-state index is 11.1. The molecule has 17 heavy (non-hydrogen) atoms. The quantitative estimate of drug-likeness (QED) is 0.881. The summed E-state index contributed by atoms with van der Waals surface area (Å²) in [7, 11) is 0. The minimum Gasteiger partial charge on any atom is -0.478 e. The number of aromatic nitrogens is 2. The highest BCUT2D eigenvalue weighted by Gasteiger charge is 2.13. The van der Waals surface area contributed by atoms with Gasteiger partial charge in [-0.05, 0) is 25.5 Å². The van der Waals surface area contributed by atoms with Crippen LogP contribution in [0.1, 0.15) is 22.8 Å². The third-order valence-corrected chi connectivity index (χ3v) is 2.86. The lowest BCUT2D eigenvalue weighted by Gasteiger charge is -2.09. The van der Waals surface area contributed by atoms with Gasteiger partial charge < -0.3 is 9.67 Å². The van der Waals surface area contributed by atoms with Crippen molar-refractivity contribution in [2.75, 3.05) is 0 Å². The Balaban J connectivity index is 2.60. The number of benzene rings is 1. The highest BCUT2D eigenvalue weighted by Crippen LogP contribution is 2.24. The molecule has 0 spiro atoms. The molecule has 0 unspecified atom stereocenters. The maximum Gasteiger partial charge on any atom is 0.335 e. The molecule has 0 atom stereocenters. The van der Waals surface area contributed by atoms with Crippen molar-refractivity contribution < 1.29 is 9.90 Å². The van der Waals surface area contributed by atoms with Crippen molar-refractivity contribution in [2.45, 2.75) is 20.4 Å². The fourth-order valence-electron chi connectivity index (χ4n) is 1.92. The zero-order valence-corrected chi connectivity index (χ0v) is 9.84. The molecule has 4 heteroatoms. The number of imidazole rings is 1. The monoisotopic (exact) mass is 230 g/mol. The fraction of sp³-hybridized carbons (Fsp3) is 0.231. The molecule has 0 fully saturated rings. The number of carboxylic acids is 1. The summed E-state index contributed by atoms with van der Waals surface area (Å²) in [5, 5.41) is 9.09. The Bertz CT molecular complexity index is 558. The van der Waals surface area contributed by atoms with Crippen LogP contribution in [0.2, 0.25) is 0 Å². The molecule has 0 bridgehead atoms. The molecule has 1 aromatic carbocycles. The van der Waals surface area contributed by atoms with Gasteiger partial charge in [0.25, 0.3) is 0 Å². The van der Waals surface area contributed by atoms with Gasteiger partial charge in [0.05, 0.1) is 5.56 Å². The molecule has 2 aromatic rings. The topological polar surface area (TPSA) is 55.1 Å². The molecule has 0 aliphatic rings. The third-order valence-electron chi connectivity index (χ3n) is 2.86. The van der Waals surface area contributed by atoms with Gasteiger partial charge >= 0.3 is 5.97 Å². The summed E-state index contributed by atoms with van der Waals surface area (Å²) in [5.74, 6) is -0.0907. The van der Waals surface area contributed by atoms with Gasteiger partial charge in [0.1, 0.15) is 5.82 Å². The standard InChI is InChI=1S/C13H14N2O2/c1-3-15-8-7-14-12(15)10-5-4-6-11(9(10)2)13(16)17/h4-8H,3H2,1-2H3,(H,16,17). The first-order valence-corrected chi connectivity index (χ1v) is 5.49. The summed E-state index contributed by atoms with van der Waals surface area (Å²) in [6.07, 6.45) is 3.62. The van der Waals surface area contributed by atoms with Crippen molar-refractivity contribution in [3.8, 4) is 11.4 Å². The van der Waals surface area contributed by atoms with Gasteiger partial charge in [0, 0.05) is 24.5 Å². The van der Waals surface area contributed by atoms with Crippen LogP contribution in [0.5, 0.6) is 0 Å². The van der Waals surface area contributed by atoms with E-state index in [0.717, 1.165) is 23.5 Å². The third kappa shape index (κ3) is 1.93. The highest BCUT2D eigenvalue weighted by atomic mass is 16.4. The Morgan fingerprint density at radius 2 is 2.24 bits per heavy atom. The Labute approximate surface area is 99.5 Å². The van der Waals surface area contributed by atoms with Gasteiger partial charge in [-0.3, -0.25) is 0 Å². The van der Waals surface area contributed by atoms with E-state index in [1.165, 1.54) is 0 Å². The van der Waals surface area contributed by atoms with Gasteiger partial charge in [-0.15, -0.1) is 0 Å². The van der Waals surface area contributed by atoms with E-state index in [2.05, 4.69) is 4.98 Å². The molecule has 0 amide bonds. The predicted molar refractivity (Wildman–Crippen MR) is 65.0 cm³/mol. The van der Waals surface area contributed by atoms with Crippen LogP contribution in [0, 0.1) is 6.92 Å². The van der Waals surface area contributed by atoms with Crippen LogP contribution in [0.3, 0.4) is 0 Å². The molecule has 2 rings (SSSR count). The minimum absolute atomic E-state index is 0.327. The number of rotatable bonds is 3. The Hall–Kier alpha value is -2.10. The smallest absolute Gasteiger partial charge is 0.335 e. The zero-order chi connectivity index (χ0) is 12.4. The minimum atomic E-state index is -0.904. The van der Waals surface area contributed by atoms with Crippen LogP contribution in [0.25, 0.3) is 11.4 Å². The van der Waals surface area contributed by atoms with Crippen molar-refractivity contribution >= 4 is 5.97 Å². The molecule has 0 radical (unpaired) electrons. The Morgan fingerprint density at radius 1 is 1.47 bits per heavy atom. The summed E-state index contributed by atoms with van der Waals surface area (Å²) >= 11 is 0. The second-order valence-corrected chi connectivity index (χ2v) is 3.82. The molecular formula is C13H14N2O2. The van der Waals surface area contributed by atoms with Crippen LogP contribution in [0.4, 0.5) is 0 Å². The highest BCUT2D eigenvalue weighted by molar-refractivity contribution is 5.91. The van der Waals surface area contributed by atoms with Crippen molar-refractivity contribution in [3.63, 3.8) is 0 Å². The largest absolute Gasteiger partial charge is 0.478 e. The first-order chi connectivity index (χ1) is 8.15. The Kier molecular flexibility index (Phi) is 2.95. The fourth-order valence-corrected chi connectivity index (χ4v) is 1.92. The molecule has 0 aliphatic heterocycles. The van der Waals surface area contributed by atoms with E-state index < -0.39 is 5.97 Å². The molecule has 1 heterocycles. The van der Waals surface area contributed by atoms with Gasteiger partial charge in [-0.2, -0.15) is 0 Å². The number of hydrogen-bond acceptors (Lipinski definition) is 2. The lowest BCUT2D eigenvalue weighted by atomic mass is 10.0. The van der Waals surface area contributed by atoms with Crippen LogP contribution >= 0.6 is 0 Å². The molecule has 1 N–H and O–H groups in total. The molecule has 0 saturated carbocycles. The van der Waals surface area contributed by atoms with Crippen molar-refractivity contribution in [3.05, 3.63) is 41.7 Å². The molecule has 1 aromatic heterocycles. The number of hydrogen-bond donors (Lipinski definition) is 1. The summed E-state index contributed by atoms with van der Waals surface area (Å²) in [6, 6.07) is 5.26. The SMILES string of the molecule is CCn1ccnc1-c1cccc(C(=O)O)c1C. The molecule has 4 nitrogen and oxygen atoms in total. The number of aryl methyl sites for hydroxylation is 1. The lowest BCUT2D eigenvalue weighted by molar-refractivity contribution is 0.0696. The molecule has 88 valence electrons. The summed E-state index contributed by atoms with van der Waals surface area (Å²) < 4.78 is 1.99. The number of carboxylic acid groups (broad SMARTS) is 1. The zero-order valence-electron chi connectivity index (χ0n) is 9.84. The van der Waals surface area contributed by atoms with Gasteiger partial charge in [-0.25, -0.2) is 9.78 Å². The molecular weight excluding hydrogens is 216 g/mol. The van der Waals surface area contributed by atoms with E-state index >= 15 is 0 Å². The van der Waals surface area contributed by atoms with Crippen LogP contribution < -0.4 is 0 Å². The number of aromatic carboxylic acids is 1. The van der Waals surface area contributed by atoms with Crippen molar-refractivity contribution in [1.82, 2.24) is 9.55 Å². The van der Waals surface area contributed by atoms with E-state index in [4.69, 9.17) is 5.11 Å². The summed E-state index contributed by atoms with van der Waals surface area (Å²) in [6.45, 7) is 4.65. The van der Waals surface area contributed by atoms with Crippen molar-refractivity contribution in [1.29, 1.82) is 0 Å². The lowest BCUT2D eigenvalue weighted by Crippen LogP contribution is -2.03. The van der Waals surface area contributed by atoms with Crippen LogP contribution in [-0.4, -0.2) is 20.6 Å². The number of carbonyl (C=O) groups is 1. The van der Waals surface area contributed by atoms with E-state index in [9.17, 15) is 4.79 Å². The predicted octanol–water partition coefficient (Wildman–Crippen LogP) is 2.58. The average molecular weight is 230 g/mol. The maximum absolute atomic E-state index is 11.1. The van der Waals surface area contributed by atoms with Crippen LogP contribution in [-0.2, 0) is 6.54 Å². The summed E-state index contributed by atoms with van der Waals surface area (Å²) in [4.78, 5) is 15.4. The average Bonchev–Trinajstić information content (AvgIpc) is 2.76. The van der Waals surface area contributed by atoms with E-state index in [-0.39, 0.29) is 0 Å². The molecule has 0 saturated heterocycles. The number of nitrogens with zero attached hydrogens (tertiary/aromatic N) is 2. The first-order valence-electron chi connectivity index (χ1n) is 5.49. The van der Waals surface area contributed by atoms with Crippen molar-refractivity contribution in [2.24, 2.45) is 0 Å². The van der Waals surface area contributed by atoms with Gasteiger partial charge in [-0.1, -0.05) is 12.1 Å². The second-order valence-electron chi connectivity index (χ2n) is 3.82.